The molecule has 8 heteroatoms. The molecule has 2 N–H and O–H groups in total. The quantitative estimate of drug-likeness (QED) is 0.801. The highest BCUT2D eigenvalue weighted by atomic mass is 19.3. The van der Waals surface area contributed by atoms with Gasteiger partial charge in [-0.2, -0.15) is 18.7 Å². The fourth-order valence-electron chi connectivity index (χ4n) is 2.29. The lowest BCUT2D eigenvalue weighted by Gasteiger charge is -2.13. The number of nitrogens with two attached hydrogens (primary N) is 1. The Labute approximate surface area is 129 Å². The normalized spacial score (nSPS) is 11.1. The van der Waals surface area contributed by atoms with E-state index in [4.69, 9.17) is 5.73 Å². The summed E-state index contributed by atoms with van der Waals surface area (Å²) in [4.78, 5) is 20.0. The zero-order valence-electron chi connectivity index (χ0n) is 12.0. The topological polar surface area (TPSA) is 83.0 Å². The fourth-order valence-corrected chi connectivity index (χ4v) is 2.29. The van der Waals surface area contributed by atoms with Gasteiger partial charge in [0.05, 0.1) is 11.1 Å². The first kappa shape index (κ1) is 14.9. The molecule has 3 rings (SSSR count). The van der Waals surface area contributed by atoms with Crippen LogP contribution in [0, 0.1) is 6.92 Å². The summed E-state index contributed by atoms with van der Waals surface area (Å²) in [6.07, 6.45) is 0. The van der Waals surface area contributed by atoms with E-state index in [1.165, 1.54) is 16.7 Å². The van der Waals surface area contributed by atoms with Crippen molar-refractivity contribution >= 4 is 16.9 Å². The van der Waals surface area contributed by atoms with Crippen LogP contribution in [0.3, 0.4) is 0 Å². The highest BCUT2D eigenvalue weighted by Crippen LogP contribution is 2.23. The molecule has 0 fully saturated rings. The Morgan fingerprint density at radius 2 is 1.91 bits per heavy atom. The Bertz CT molecular complexity index is 940. The lowest BCUT2D eigenvalue weighted by molar-refractivity contribution is -0.0526. The summed E-state index contributed by atoms with van der Waals surface area (Å²) in [5, 5.41) is 0.370. The number of aryl methyl sites for hydroxylation is 1. The number of hydrogen-bond donors (Lipinski definition) is 1. The molecule has 0 aliphatic rings. The summed E-state index contributed by atoms with van der Waals surface area (Å²) in [6.45, 7) is -1.21. The maximum absolute atomic E-state index is 12.4. The van der Waals surface area contributed by atoms with Crippen LogP contribution in [0.25, 0.3) is 16.7 Å². The third-order valence-corrected chi connectivity index (χ3v) is 3.31. The second-order valence-corrected chi connectivity index (χ2v) is 4.80. The maximum atomic E-state index is 12.4. The molecule has 0 radical (unpaired) electrons. The Kier molecular flexibility index (Phi) is 3.65. The first-order valence-corrected chi connectivity index (χ1v) is 6.67. The number of rotatable bonds is 3. The minimum atomic E-state index is -3.02. The number of ether oxygens (including phenoxy) is 1. The molecular weight excluding hydrogens is 306 g/mol. The highest BCUT2D eigenvalue weighted by Gasteiger charge is 2.15. The molecule has 2 aromatic heterocycles. The Hall–Kier alpha value is -3.03. The molecule has 2 heterocycles. The molecule has 0 atom stereocenters. The van der Waals surface area contributed by atoms with Gasteiger partial charge in [-0.25, -0.2) is 9.36 Å². The number of hydrogen-bond acceptors (Lipinski definition) is 5. The van der Waals surface area contributed by atoms with E-state index in [1.807, 2.05) is 19.1 Å². The molecule has 0 amide bonds. The second-order valence-electron chi connectivity index (χ2n) is 4.80. The molecular formula is C15H12F2N4O2. The summed E-state index contributed by atoms with van der Waals surface area (Å²) in [7, 11) is 0. The lowest BCUT2D eigenvalue weighted by atomic mass is 10.2. The molecule has 3 aromatic rings. The van der Waals surface area contributed by atoms with Crippen molar-refractivity contribution in [1.29, 1.82) is 0 Å². The third-order valence-electron chi connectivity index (χ3n) is 3.31. The largest absolute Gasteiger partial charge is 0.417 e. The van der Waals surface area contributed by atoms with Gasteiger partial charge in [-0.15, -0.1) is 0 Å². The third kappa shape index (κ3) is 2.70. The van der Waals surface area contributed by atoms with Gasteiger partial charge in [-0.05, 0) is 24.6 Å². The van der Waals surface area contributed by atoms with Crippen molar-refractivity contribution in [3.05, 3.63) is 52.4 Å². The first-order valence-electron chi connectivity index (χ1n) is 6.67. The van der Waals surface area contributed by atoms with Crippen LogP contribution in [-0.4, -0.2) is 21.1 Å². The highest BCUT2D eigenvalue weighted by molar-refractivity contribution is 5.86. The summed E-state index contributed by atoms with van der Waals surface area (Å²) >= 11 is 0. The number of aromatic nitrogens is 3. The van der Waals surface area contributed by atoms with Gasteiger partial charge in [0.15, 0.2) is 5.65 Å². The average molecular weight is 318 g/mol. The predicted molar refractivity (Wildman–Crippen MR) is 80.9 cm³/mol. The Morgan fingerprint density at radius 3 is 2.61 bits per heavy atom. The number of halogens is 2. The van der Waals surface area contributed by atoms with Crippen molar-refractivity contribution in [1.82, 2.24) is 14.5 Å². The second kappa shape index (κ2) is 5.64. The van der Waals surface area contributed by atoms with Crippen molar-refractivity contribution in [2.75, 3.05) is 5.73 Å². The molecule has 0 aliphatic carbocycles. The van der Waals surface area contributed by atoms with Crippen LogP contribution in [0.4, 0.5) is 14.6 Å². The van der Waals surface area contributed by atoms with E-state index in [0.29, 0.717) is 11.1 Å². The molecule has 6 nitrogen and oxygen atoms in total. The van der Waals surface area contributed by atoms with Crippen molar-refractivity contribution in [3.8, 4) is 11.6 Å². The summed E-state index contributed by atoms with van der Waals surface area (Å²) in [5.41, 5.74) is 6.53. The van der Waals surface area contributed by atoms with Gasteiger partial charge in [-0.1, -0.05) is 18.2 Å². The molecule has 0 saturated heterocycles. The van der Waals surface area contributed by atoms with Crippen LogP contribution < -0.4 is 16.2 Å². The molecule has 0 saturated carbocycles. The van der Waals surface area contributed by atoms with Crippen LogP contribution in [0.2, 0.25) is 0 Å². The van der Waals surface area contributed by atoms with Gasteiger partial charge in [0.25, 0.3) is 0 Å². The van der Waals surface area contributed by atoms with Crippen LogP contribution in [0.5, 0.6) is 5.88 Å². The van der Waals surface area contributed by atoms with Gasteiger partial charge in [0.2, 0.25) is 5.88 Å². The van der Waals surface area contributed by atoms with E-state index in [-0.39, 0.29) is 17.3 Å². The van der Waals surface area contributed by atoms with E-state index in [9.17, 15) is 13.6 Å². The standard InChI is InChI=1S/C15H12F2N4O2/c1-8-4-2-3-5-10(8)21-13-9(12(18)20-15(21)22)6-7-11(19-13)23-14(16)17/h2-7,14H,1H3,(H2,18,20,22). The molecule has 0 spiro atoms. The van der Waals surface area contributed by atoms with E-state index >= 15 is 0 Å². The molecule has 23 heavy (non-hydrogen) atoms. The number of alkyl halides is 2. The number of benzene rings is 1. The average Bonchev–Trinajstić information content (AvgIpc) is 2.48. The number of para-hydroxylation sites is 1. The van der Waals surface area contributed by atoms with Gasteiger partial charge in [-0.3, -0.25) is 0 Å². The first-order chi connectivity index (χ1) is 11.0. The molecule has 0 aliphatic heterocycles. The van der Waals surface area contributed by atoms with E-state index in [2.05, 4.69) is 14.7 Å². The van der Waals surface area contributed by atoms with Gasteiger partial charge >= 0.3 is 12.3 Å². The Morgan fingerprint density at radius 1 is 1.17 bits per heavy atom. The number of pyridine rings is 1. The minimum Gasteiger partial charge on any atom is -0.417 e. The van der Waals surface area contributed by atoms with Crippen molar-refractivity contribution in [2.45, 2.75) is 13.5 Å². The smallest absolute Gasteiger partial charge is 0.388 e. The van der Waals surface area contributed by atoms with Crippen LogP contribution in [0.1, 0.15) is 5.56 Å². The predicted octanol–water partition coefficient (Wildman–Crippen LogP) is 2.27. The van der Waals surface area contributed by atoms with Crippen molar-refractivity contribution in [3.63, 3.8) is 0 Å². The Balaban J connectivity index is 2.36. The van der Waals surface area contributed by atoms with Crippen LogP contribution in [-0.2, 0) is 0 Å². The molecule has 118 valence electrons. The number of fused-ring (bicyclic) bond motifs is 1. The molecule has 1 aromatic carbocycles. The van der Waals surface area contributed by atoms with Crippen molar-refractivity contribution < 1.29 is 13.5 Å². The van der Waals surface area contributed by atoms with Crippen LogP contribution >= 0.6 is 0 Å². The van der Waals surface area contributed by atoms with Gasteiger partial charge < -0.3 is 10.5 Å². The number of anilines is 1. The fraction of sp³-hybridized carbons (Fsp3) is 0.133. The SMILES string of the molecule is Cc1ccccc1-n1c(=O)nc(N)c2ccc(OC(F)F)nc21. The summed E-state index contributed by atoms with van der Waals surface area (Å²) in [6, 6.07) is 9.77. The van der Waals surface area contributed by atoms with Gasteiger partial charge in [0, 0.05) is 6.07 Å². The lowest BCUT2D eigenvalue weighted by Crippen LogP contribution is -2.24. The minimum absolute atomic E-state index is 0.0223. The monoisotopic (exact) mass is 318 g/mol. The zero-order valence-corrected chi connectivity index (χ0v) is 12.0. The summed E-state index contributed by atoms with van der Waals surface area (Å²) in [5.74, 6) is -0.328. The van der Waals surface area contributed by atoms with Crippen molar-refractivity contribution in [2.24, 2.45) is 0 Å². The zero-order chi connectivity index (χ0) is 16.6. The van der Waals surface area contributed by atoms with E-state index in [1.54, 1.807) is 12.1 Å². The molecule has 0 bridgehead atoms. The van der Waals surface area contributed by atoms with E-state index in [0.717, 1.165) is 5.56 Å². The van der Waals surface area contributed by atoms with Gasteiger partial charge in [0.1, 0.15) is 5.82 Å². The number of nitrogens with zero attached hydrogens (tertiary/aromatic N) is 3. The van der Waals surface area contributed by atoms with E-state index < -0.39 is 12.3 Å². The maximum Gasteiger partial charge on any atom is 0.388 e. The summed E-state index contributed by atoms with van der Waals surface area (Å²) < 4.78 is 30.3. The number of nitrogen functional groups attached to an aromatic ring is 1. The molecule has 0 unspecified atom stereocenters. The van der Waals surface area contributed by atoms with Crippen LogP contribution in [0.15, 0.2) is 41.2 Å².